The Morgan fingerprint density at radius 2 is 2.13 bits per heavy atom. The predicted molar refractivity (Wildman–Crippen MR) is 88.9 cm³/mol. The highest BCUT2D eigenvalue weighted by atomic mass is 19.1. The number of hydrogen-bond acceptors (Lipinski definition) is 3. The van der Waals surface area contributed by atoms with Gasteiger partial charge in [0.05, 0.1) is 18.8 Å². The molecule has 0 bridgehead atoms. The van der Waals surface area contributed by atoms with Gasteiger partial charge in [0, 0.05) is 19.3 Å². The molecule has 2 aromatic rings. The first-order chi connectivity index (χ1) is 11.2. The molecule has 0 saturated carbocycles. The van der Waals surface area contributed by atoms with Gasteiger partial charge >= 0.3 is 0 Å². The summed E-state index contributed by atoms with van der Waals surface area (Å²) in [4.78, 5) is 8.39. The molecule has 122 valence electrons. The smallest absolute Gasteiger partial charge is 0.191 e. The minimum Gasteiger partial charge on any atom is -0.489 e. The zero-order chi connectivity index (χ0) is 16.5. The molecule has 0 aliphatic carbocycles. The normalized spacial score (nSPS) is 12.6. The number of hydrogen-bond donors (Lipinski definition) is 2. The fraction of sp³-hybridized carbons (Fsp3) is 0.294. The number of benzene rings is 1. The van der Waals surface area contributed by atoms with E-state index in [1.54, 1.807) is 25.4 Å². The van der Waals surface area contributed by atoms with Crippen LogP contribution in [0.1, 0.15) is 12.6 Å². The highest BCUT2D eigenvalue weighted by Crippen LogP contribution is 2.13. The van der Waals surface area contributed by atoms with Crippen LogP contribution in [0.2, 0.25) is 0 Å². The van der Waals surface area contributed by atoms with Gasteiger partial charge in [-0.25, -0.2) is 4.39 Å². The molecule has 0 aliphatic heterocycles. The average Bonchev–Trinajstić information content (AvgIpc) is 2.56. The van der Waals surface area contributed by atoms with Crippen LogP contribution in [-0.2, 0) is 6.54 Å². The number of rotatable bonds is 6. The summed E-state index contributed by atoms with van der Waals surface area (Å²) in [5, 5.41) is 6.34. The molecular formula is C17H21FN4O. The largest absolute Gasteiger partial charge is 0.489 e. The Kier molecular flexibility index (Phi) is 6.35. The Balaban J connectivity index is 1.76. The van der Waals surface area contributed by atoms with Crippen molar-refractivity contribution in [2.24, 2.45) is 4.99 Å². The van der Waals surface area contributed by atoms with Gasteiger partial charge in [-0.05, 0) is 31.2 Å². The van der Waals surface area contributed by atoms with Crippen molar-refractivity contribution in [2.45, 2.75) is 19.6 Å². The Labute approximate surface area is 135 Å². The molecular weight excluding hydrogens is 295 g/mol. The van der Waals surface area contributed by atoms with Gasteiger partial charge in [-0.3, -0.25) is 9.98 Å². The molecule has 0 spiro atoms. The third-order valence-corrected chi connectivity index (χ3v) is 3.08. The first-order valence-corrected chi connectivity index (χ1v) is 7.44. The van der Waals surface area contributed by atoms with Crippen molar-refractivity contribution in [1.29, 1.82) is 0 Å². The van der Waals surface area contributed by atoms with E-state index in [0.717, 1.165) is 5.69 Å². The lowest BCUT2D eigenvalue weighted by Crippen LogP contribution is -2.41. The maximum absolute atomic E-state index is 13.1. The highest BCUT2D eigenvalue weighted by molar-refractivity contribution is 5.79. The fourth-order valence-corrected chi connectivity index (χ4v) is 1.95. The molecule has 0 fully saturated rings. The van der Waals surface area contributed by atoms with Crippen molar-refractivity contribution in [3.63, 3.8) is 0 Å². The van der Waals surface area contributed by atoms with E-state index in [4.69, 9.17) is 4.74 Å². The first-order valence-electron chi connectivity index (χ1n) is 7.44. The second-order valence-electron chi connectivity index (χ2n) is 5.01. The van der Waals surface area contributed by atoms with E-state index in [-0.39, 0.29) is 11.9 Å². The molecule has 23 heavy (non-hydrogen) atoms. The van der Waals surface area contributed by atoms with Gasteiger partial charge in [0.15, 0.2) is 5.96 Å². The average molecular weight is 316 g/mol. The van der Waals surface area contributed by atoms with Crippen LogP contribution in [0.25, 0.3) is 0 Å². The SMILES string of the molecule is CN=C(NCc1ccccn1)NCC(C)Oc1cccc(F)c1. The molecule has 6 heteroatoms. The summed E-state index contributed by atoms with van der Waals surface area (Å²) in [6.45, 7) is 3.03. The summed E-state index contributed by atoms with van der Waals surface area (Å²) in [6.07, 6.45) is 1.62. The van der Waals surface area contributed by atoms with Gasteiger partial charge in [-0.2, -0.15) is 0 Å². The molecule has 2 N–H and O–H groups in total. The third-order valence-electron chi connectivity index (χ3n) is 3.08. The molecule has 0 saturated heterocycles. The molecule has 1 atom stereocenters. The standard InChI is InChI=1S/C17H21FN4O/c1-13(23-16-8-5-6-14(18)10-16)11-21-17(19-2)22-12-15-7-3-4-9-20-15/h3-10,13H,11-12H2,1-2H3,(H2,19,21,22). The van der Waals surface area contributed by atoms with E-state index < -0.39 is 0 Å². The van der Waals surface area contributed by atoms with Gasteiger partial charge in [0.25, 0.3) is 0 Å². The second-order valence-corrected chi connectivity index (χ2v) is 5.01. The molecule has 5 nitrogen and oxygen atoms in total. The van der Waals surface area contributed by atoms with E-state index in [2.05, 4.69) is 20.6 Å². The summed E-state index contributed by atoms with van der Waals surface area (Å²) >= 11 is 0. The van der Waals surface area contributed by atoms with Crippen molar-refractivity contribution in [3.8, 4) is 5.75 Å². The minimum absolute atomic E-state index is 0.134. The van der Waals surface area contributed by atoms with Crippen LogP contribution in [0.15, 0.2) is 53.7 Å². The summed E-state index contributed by atoms with van der Waals surface area (Å²) < 4.78 is 18.8. The minimum atomic E-state index is -0.310. The van der Waals surface area contributed by atoms with Gasteiger partial charge in [-0.1, -0.05) is 12.1 Å². The van der Waals surface area contributed by atoms with Gasteiger partial charge in [0.2, 0.25) is 0 Å². The number of ether oxygens (including phenoxy) is 1. The maximum atomic E-state index is 13.1. The van der Waals surface area contributed by atoms with Gasteiger partial charge in [0.1, 0.15) is 17.7 Å². The van der Waals surface area contributed by atoms with E-state index >= 15 is 0 Å². The zero-order valence-corrected chi connectivity index (χ0v) is 13.3. The van der Waals surface area contributed by atoms with E-state index in [9.17, 15) is 4.39 Å². The lowest BCUT2D eigenvalue weighted by Gasteiger charge is -2.17. The van der Waals surface area contributed by atoms with E-state index in [1.807, 2.05) is 25.1 Å². The van der Waals surface area contributed by atoms with Crippen molar-refractivity contribution in [2.75, 3.05) is 13.6 Å². The van der Waals surface area contributed by atoms with Crippen molar-refractivity contribution in [3.05, 3.63) is 60.2 Å². The Bertz CT molecular complexity index is 634. The Morgan fingerprint density at radius 1 is 1.26 bits per heavy atom. The summed E-state index contributed by atoms with van der Waals surface area (Å²) in [5.74, 6) is 0.858. The summed E-state index contributed by atoms with van der Waals surface area (Å²) in [5.41, 5.74) is 0.930. The van der Waals surface area contributed by atoms with Crippen LogP contribution in [-0.4, -0.2) is 30.6 Å². The van der Waals surface area contributed by atoms with E-state index in [0.29, 0.717) is 24.8 Å². The van der Waals surface area contributed by atoms with Gasteiger partial charge < -0.3 is 15.4 Å². The van der Waals surface area contributed by atoms with E-state index in [1.165, 1.54) is 12.1 Å². The third kappa shape index (κ3) is 5.94. The zero-order valence-electron chi connectivity index (χ0n) is 13.3. The van der Waals surface area contributed by atoms with Crippen molar-refractivity contribution in [1.82, 2.24) is 15.6 Å². The monoisotopic (exact) mass is 316 g/mol. The topological polar surface area (TPSA) is 58.5 Å². The lowest BCUT2D eigenvalue weighted by atomic mass is 10.3. The fourth-order valence-electron chi connectivity index (χ4n) is 1.95. The van der Waals surface area contributed by atoms with Crippen LogP contribution >= 0.6 is 0 Å². The lowest BCUT2D eigenvalue weighted by molar-refractivity contribution is 0.223. The molecule has 0 amide bonds. The number of aliphatic imine (C=N–C) groups is 1. The van der Waals surface area contributed by atoms with Crippen molar-refractivity contribution < 1.29 is 9.13 Å². The molecule has 0 radical (unpaired) electrons. The van der Waals surface area contributed by atoms with Crippen LogP contribution in [0.4, 0.5) is 4.39 Å². The first kappa shape index (κ1) is 16.7. The number of nitrogens with zero attached hydrogens (tertiary/aromatic N) is 2. The number of pyridine rings is 1. The van der Waals surface area contributed by atoms with Crippen LogP contribution in [0.5, 0.6) is 5.75 Å². The molecule has 1 aromatic heterocycles. The molecule has 1 aromatic carbocycles. The molecule has 0 aliphatic rings. The maximum Gasteiger partial charge on any atom is 0.191 e. The molecule has 1 heterocycles. The number of nitrogens with one attached hydrogen (secondary N) is 2. The van der Waals surface area contributed by atoms with Crippen LogP contribution in [0.3, 0.4) is 0 Å². The summed E-state index contributed by atoms with van der Waals surface area (Å²) in [7, 11) is 1.70. The number of halogens is 1. The quantitative estimate of drug-likeness (QED) is 0.634. The molecule has 2 rings (SSSR count). The highest BCUT2D eigenvalue weighted by Gasteiger charge is 2.06. The second kappa shape index (κ2) is 8.73. The van der Waals surface area contributed by atoms with Crippen LogP contribution in [0, 0.1) is 5.82 Å². The van der Waals surface area contributed by atoms with Crippen LogP contribution < -0.4 is 15.4 Å². The van der Waals surface area contributed by atoms with Crippen molar-refractivity contribution >= 4 is 5.96 Å². The molecule has 1 unspecified atom stereocenters. The Morgan fingerprint density at radius 3 is 2.83 bits per heavy atom. The summed E-state index contributed by atoms with van der Waals surface area (Å²) in [6, 6.07) is 11.9. The Hall–Kier alpha value is -2.63. The number of guanidine groups is 1. The predicted octanol–water partition coefficient (Wildman–Crippen LogP) is 2.35. The number of aromatic nitrogens is 1. The van der Waals surface area contributed by atoms with Gasteiger partial charge in [-0.15, -0.1) is 0 Å².